The van der Waals surface area contributed by atoms with E-state index in [1.54, 1.807) is 0 Å². The molecule has 0 saturated heterocycles. The Labute approximate surface area is 90.0 Å². The van der Waals surface area contributed by atoms with Crippen LogP contribution in [0.5, 0.6) is 0 Å². The molecule has 0 aliphatic carbocycles. The lowest BCUT2D eigenvalue weighted by atomic mass is 10.1. The summed E-state index contributed by atoms with van der Waals surface area (Å²) in [5.41, 5.74) is 5.32. The highest BCUT2D eigenvalue weighted by Crippen LogP contribution is 2.25. The van der Waals surface area contributed by atoms with Crippen molar-refractivity contribution in [3.63, 3.8) is 0 Å². The van der Waals surface area contributed by atoms with Crippen LogP contribution in [0.2, 0.25) is 10.2 Å². The summed E-state index contributed by atoms with van der Waals surface area (Å²) in [6.07, 6.45) is -2.57. The second kappa shape index (κ2) is 4.87. The summed E-state index contributed by atoms with van der Waals surface area (Å²) in [6, 6.07) is 2.72. The quantitative estimate of drug-likeness (QED) is 0.826. The molecule has 0 aliphatic heterocycles. The van der Waals surface area contributed by atoms with Crippen LogP contribution in [0.4, 0.5) is 8.78 Å². The maximum Gasteiger partial charge on any atom is 0.248 e. The van der Waals surface area contributed by atoms with Gasteiger partial charge in [-0.25, -0.2) is 13.8 Å². The summed E-state index contributed by atoms with van der Waals surface area (Å²) in [6.45, 7) is -0.193. The number of aromatic nitrogens is 1. The maximum atomic E-state index is 12.4. The van der Waals surface area contributed by atoms with Crippen LogP contribution in [-0.2, 0) is 0 Å². The molecule has 0 radical (unpaired) electrons. The molecule has 0 spiro atoms. The lowest BCUT2D eigenvalue weighted by Crippen LogP contribution is -2.20. The fourth-order valence-corrected chi connectivity index (χ4v) is 1.51. The fourth-order valence-electron chi connectivity index (χ4n) is 1.03. The van der Waals surface area contributed by atoms with Gasteiger partial charge in [-0.15, -0.1) is 0 Å². The van der Waals surface area contributed by atoms with Crippen LogP contribution in [0.25, 0.3) is 0 Å². The average Bonchev–Trinajstić information content (AvgIpc) is 2.02. The van der Waals surface area contributed by atoms with Gasteiger partial charge in [-0.05, 0) is 12.1 Å². The van der Waals surface area contributed by atoms with Crippen molar-refractivity contribution in [3.05, 3.63) is 28.0 Å². The van der Waals surface area contributed by atoms with Crippen LogP contribution in [0.15, 0.2) is 12.1 Å². The first-order chi connectivity index (χ1) is 6.54. The van der Waals surface area contributed by atoms with E-state index in [0.29, 0.717) is 0 Å². The Hall–Kier alpha value is -0.450. The second-order valence-electron chi connectivity index (χ2n) is 2.71. The summed E-state index contributed by atoms with van der Waals surface area (Å²) in [7, 11) is 0. The van der Waals surface area contributed by atoms with Gasteiger partial charge in [0, 0.05) is 11.6 Å². The Kier molecular flexibility index (Phi) is 4.04. The first-order valence-corrected chi connectivity index (χ1v) is 4.61. The summed E-state index contributed by atoms with van der Waals surface area (Å²) >= 11 is 11.2. The topological polar surface area (TPSA) is 38.9 Å². The summed E-state index contributed by atoms with van der Waals surface area (Å²) < 4.78 is 24.9. The number of nitrogens with two attached hydrogens (primary N) is 1. The molecular weight excluding hydrogens is 233 g/mol. The Balaban J connectivity index is 3.04. The van der Waals surface area contributed by atoms with E-state index in [4.69, 9.17) is 28.9 Å². The van der Waals surface area contributed by atoms with E-state index >= 15 is 0 Å². The van der Waals surface area contributed by atoms with Gasteiger partial charge in [0.2, 0.25) is 6.43 Å². The van der Waals surface area contributed by atoms with E-state index in [-0.39, 0.29) is 22.4 Å². The van der Waals surface area contributed by atoms with E-state index < -0.39 is 12.3 Å². The number of nitrogens with zero attached hydrogens (tertiary/aromatic N) is 1. The van der Waals surface area contributed by atoms with Crippen LogP contribution in [-0.4, -0.2) is 18.0 Å². The zero-order valence-electron chi connectivity index (χ0n) is 7.05. The van der Waals surface area contributed by atoms with Crippen molar-refractivity contribution in [2.45, 2.75) is 12.3 Å². The van der Waals surface area contributed by atoms with Crippen LogP contribution in [0.3, 0.4) is 0 Å². The molecule has 1 aromatic rings. The third-order valence-electron chi connectivity index (χ3n) is 1.72. The second-order valence-corrected chi connectivity index (χ2v) is 3.53. The molecular formula is C8H8Cl2F2N2. The highest BCUT2D eigenvalue weighted by molar-refractivity contribution is 6.33. The molecule has 0 saturated carbocycles. The SMILES string of the molecule is NCC(c1cc(Cl)cc(Cl)n1)C(F)F. The highest BCUT2D eigenvalue weighted by Gasteiger charge is 2.22. The smallest absolute Gasteiger partial charge is 0.248 e. The van der Waals surface area contributed by atoms with Gasteiger partial charge in [0.1, 0.15) is 5.15 Å². The van der Waals surface area contributed by atoms with Gasteiger partial charge in [-0.1, -0.05) is 23.2 Å². The molecule has 2 nitrogen and oxygen atoms in total. The molecule has 1 unspecified atom stereocenters. The predicted octanol–water partition coefficient (Wildman–Crippen LogP) is 2.70. The summed E-state index contributed by atoms with van der Waals surface area (Å²) in [4.78, 5) is 3.75. The molecule has 1 aromatic heterocycles. The predicted molar refractivity (Wildman–Crippen MR) is 52.1 cm³/mol. The van der Waals surface area contributed by atoms with Crippen molar-refractivity contribution < 1.29 is 8.78 Å². The molecule has 1 atom stereocenters. The van der Waals surface area contributed by atoms with E-state index in [1.807, 2.05) is 0 Å². The largest absolute Gasteiger partial charge is 0.330 e. The molecule has 1 rings (SSSR count). The van der Waals surface area contributed by atoms with Crippen LogP contribution >= 0.6 is 23.2 Å². The van der Waals surface area contributed by atoms with Crippen molar-refractivity contribution in [2.24, 2.45) is 5.73 Å². The molecule has 2 N–H and O–H groups in total. The third-order valence-corrected chi connectivity index (χ3v) is 2.13. The lowest BCUT2D eigenvalue weighted by Gasteiger charge is -2.13. The number of alkyl halides is 2. The van der Waals surface area contributed by atoms with Crippen molar-refractivity contribution >= 4 is 23.2 Å². The molecule has 0 bridgehead atoms. The first kappa shape index (κ1) is 11.6. The molecule has 1 heterocycles. The van der Waals surface area contributed by atoms with Crippen LogP contribution < -0.4 is 5.73 Å². The average molecular weight is 241 g/mol. The molecule has 0 aliphatic rings. The fraction of sp³-hybridized carbons (Fsp3) is 0.375. The third kappa shape index (κ3) is 2.77. The number of hydrogen-bond acceptors (Lipinski definition) is 2. The normalized spacial score (nSPS) is 13.3. The molecule has 0 aromatic carbocycles. The molecule has 0 fully saturated rings. The van der Waals surface area contributed by atoms with Crippen molar-refractivity contribution in [3.8, 4) is 0 Å². The first-order valence-electron chi connectivity index (χ1n) is 3.85. The van der Waals surface area contributed by atoms with E-state index in [9.17, 15) is 8.78 Å². The van der Waals surface area contributed by atoms with Crippen LogP contribution in [0, 0.1) is 0 Å². The zero-order chi connectivity index (χ0) is 10.7. The minimum absolute atomic E-state index is 0.0894. The van der Waals surface area contributed by atoms with Gasteiger partial charge >= 0.3 is 0 Å². The Bertz CT molecular complexity index is 300. The maximum absolute atomic E-state index is 12.4. The standard InChI is InChI=1S/C8H8Cl2F2N2/c9-4-1-6(14-7(10)2-4)5(3-13)8(11)12/h1-2,5,8H,3,13H2. The van der Waals surface area contributed by atoms with Gasteiger partial charge in [-0.3, -0.25) is 0 Å². The number of pyridine rings is 1. The number of hydrogen-bond donors (Lipinski definition) is 1. The molecule has 6 heteroatoms. The van der Waals surface area contributed by atoms with Gasteiger partial charge in [0.25, 0.3) is 0 Å². The summed E-state index contributed by atoms with van der Waals surface area (Å²) in [5.74, 6) is -1.12. The molecule has 78 valence electrons. The van der Waals surface area contributed by atoms with E-state index in [1.165, 1.54) is 12.1 Å². The van der Waals surface area contributed by atoms with Gasteiger partial charge in [-0.2, -0.15) is 0 Å². The lowest BCUT2D eigenvalue weighted by molar-refractivity contribution is 0.115. The molecule has 0 amide bonds. The Morgan fingerprint density at radius 1 is 1.36 bits per heavy atom. The molecule has 14 heavy (non-hydrogen) atoms. The minimum atomic E-state index is -2.57. The monoisotopic (exact) mass is 240 g/mol. The summed E-state index contributed by atoms with van der Waals surface area (Å²) in [5, 5.41) is 0.366. The van der Waals surface area contributed by atoms with Gasteiger partial charge in [0.15, 0.2) is 0 Å². The van der Waals surface area contributed by atoms with E-state index in [0.717, 1.165) is 0 Å². The van der Waals surface area contributed by atoms with Crippen molar-refractivity contribution in [1.29, 1.82) is 0 Å². The van der Waals surface area contributed by atoms with Crippen molar-refractivity contribution in [2.75, 3.05) is 6.54 Å². The van der Waals surface area contributed by atoms with E-state index in [2.05, 4.69) is 4.98 Å². The zero-order valence-corrected chi connectivity index (χ0v) is 8.56. The number of halogens is 4. The minimum Gasteiger partial charge on any atom is -0.330 e. The Morgan fingerprint density at radius 3 is 2.43 bits per heavy atom. The van der Waals surface area contributed by atoms with Gasteiger partial charge < -0.3 is 5.73 Å². The highest BCUT2D eigenvalue weighted by atomic mass is 35.5. The van der Waals surface area contributed by atoms with Gasteiger partial charge in [0.05, 0.1) is 11.6 Å². The van der Waals surface area contributed by atoms with Crippen molar-refractivity contribution in [1.82, 2.24) is 4.98 Å². The Morgan fingerprint density at radius 2 is 2.00 bits per heavy atom. The van der Waals surface area contributed by atoms with Crippen LogP contribution in [0.1, 0.15) is 11.6 Å². The number of rotatable bonds is 3.